The number of hydrogen-bond acceptors (Lipinski definition) is 4. The Morgan fingerprint density at radius 3 is 1.71 bits per heavy atom. The molecule has 0 aromatic heterocycles. The van der Waals surface area contributed by atoms with Crippen molar-refractivity contribution in [3.63, 3.8) is 0 Å². The highest BCUT2D eigenvalue weighted by molar-refractivity contribution is 7.35. The van der Waals surface area contributed by atoms with Gasteiger partial charge in [-0.3, -0.25) is 0 Å². The first-order valence-electron chi connectivity index (χ1n) is 5.88. The summed E-state index contributed by atoms with van der Waals surface area (Å²) in [5.41, 5.74) is -0.592. The third kappa shape index (κ3) is 1.34. The molecule has 98 valence electrons. The van der Waals surface area contributed by atoms with Crippen molar-refractivity contribution >= 4 is 29.6 Å². The highest BCUT2D eigenvalue weighted by Gasteiger charge is 2.76. The molecule has 4 nitrogen and oxygen atoms in total. The van der Waals surface area contributed by atoms with Crippen molar-refractivity contribution in [3.05, 3.63) is 0 Å². The van der Waals surface area contributed by atoms with Crippen LogP contribution in [-0.4, -0.2) is 51.0 Å². The van der Waals surface area contributed by atoms with Crippen LogP contribution in [0.3, 0.4) is 0 Å². The zero-order valence-electron chi connectivity index (χ0n) is 9.71. The van der Waals surface area contributed by atoms with E-state index in [0.717, 1.165) is 19.3 Å². The molecule has 0 bridgehead atoms. The Hall–Kier alpha value is 0.637. The van der Waals surface area contributed by atoms with Crippen molar-refractivity contribution in [2.45, 2.75) is 35.9 Å². The maximum atomic E-state index is 6.27. The molecule has 0 saturated carbocycles. The fourth-order valence-electron chi connectivity index (χ4n) is 3.18. The van der Waals surface area contributed by atoms with Gasteiger partial charge >= 0.3 is 0 Å². The first kappa shape index (κ1) is 12.7. The highest BCUT2D eigenvalue weighted by atomic mass is 35.7. The molecule has 0 radical (unpaired) electrons. The van der Waals surface area contributed by atoms with Gasteiger partial charge in [0, 0.05) is 33.0 Å². The van der Waals surface area contributed by atoms with E-state index in [-0.39, 0.29) is 0 Å². The van der Waals surface area contributed by atoms with Crippen molar-refractivity contribution < 1.29 is 18.9 Å². The predicted octanol–water partition coefficient (Wildman–Crippen LogP) is 1.30. The van der Waals surface area contributed by atoms with Gasteiger partial charge in [0.2, 0.25) is 5.79 Å². The molecule has 0 N–H and O–H groups in total. The van der Waals surface area contributed by atoms with Gasteiger partial charge in [-0.2, -0.15) is 0 Å². The zero-order chi connectivity index (χ0) is 12.1. The summed E-state index contributed by atoms with van der Waals surface area (Å²) in [6.45, 7) is 2.06. The monoisotopic (exact) mass is 298 g/mol. The molecule has 0 aliphatic carbocycles. The minimum absolute atomic E-state index is 0.551. The Bertz CT molecular complexity index is 308. The van der Waals surface area contributed by atoms with Gasteiger partial charge in [-0.1, -0.05) is 0 Å². The van der Waals surface area contributed by atoms with E-state index in [0.29, 0.717) is 19.8 Å². The van der Waals surface area contributed by atoms with Crippen LogP contribution in [-0.2, 0) is 18.9 Å². The standard InChI is InChI=1S/C10H16Cl2O4Si/c1-13-9(3-6-15-9)8(2-5-14-8)10(17(11)12)4-7-16-10/h17H,2-7H2,1H3. The predicted molar refractivity (Wildman–Crippen MR) is 65.8 cm³/mol. The molecule has 7 heteroatoms. The number of hydrogen-bond donors (Lipinski definition) is 0. The van der Waals surface area contributed by atoms with E-state index >= 15 is 0 Å². The van der Waals surface area contributed by atoms with Gasteiger partial charge in [0.1, 0.15) is 5.22 Å². The first-order chi connectivity index (χ1) is 8.13. The lowest BCUT2D eigenvalue weighted by molar-refractivity contribution is -0.443. The van der Waals surface area contributed by atoms with Crippen LogP contribution in [0.5, 0.6) is 0 Å². The van der Waals surface area contributed by atoms with Gasteiger partial charge in [-0.25, -0.2) is 0 Å². The van der Waals surface area contributed by atoms with Gasteiger partial charge in [0.25, 0.3) is 7.42 Å². The van der Waals surface area contributed by atoms with Crippen molar-refractivity contribution in [2.75, 3.05) is 26.9 Å². The average Bonchev–Trinajstić information content (AvgIpc) is 2.08. The van der Waals surface area contributed by atoms with Gasteiger partial charge in [0.05, 0.1) is 13.2 Å². The van der Waals surface area contributed by atoms with E-state index in [2.05, 4.69) is 0 Å². The topological polar surface area (TPSA) is 36.9 Å². The summed E-state index contributed by atoms with van der Waals surface area (Å²) in [7, 11) is -0.415. The first-order valence-corrected chi connectivity index (χ1v) is 9.95. The van der Waals surface area contributed by atoms with Crippen molar-refractivity contribution in [3.8, 4) is 0 Å². The van der Waals surface area contributed by atoms with E-state index in [9.17, 15) is 0 Å². The summed E-state index contributed by atoms with van der Waals surface area (Å²) in [4.78, 5) is 0. The third-order valence-corrected chi connectivity index (χ3v) is 8.12. The molecule has 0 aromatic carbocycles. The zero-order valence-corrected chi connectivity index (χ0v) is 12.4. The summed E-state index contributed by atoms with van der Waals surface area (Å²) in [6, 6.07) is 0. The molecule has 0 amide bonds. The van der Waals surface area contributed by atoms with Crippen LogP contribution in [0.1, 0.15) is 19.3 Å². The SMILES string of the molecule is COC1(C2(C3([SiH](Cl)Cl)CCO3)CCO2)CCO1. The lowest BCUT2D eigenvalue weighted by Crippen LogP contribution is -2.83. The second-order valence-electron chi connectivity index (χ2n) is 4.77. The normalized spacial score (nSPS) is 49.4. The fraction of sp³-hybridized carbons (Fsp3) is 1.00. The van der Waals surface area contributed by atoms with E-state index in [1.165, 1.54) is 0 Å². The van der Waals surface area contributed by atoms with E-state index in [4.69, 9.17) is 41.1 Å². The van der Waals surface area contributed by atoms with Crippen molar-refractivity contribution in [2.24, 2.45) is 0 Å². The molecule has 3 saturated heterocycles. The lowest BCUT2D eigenvalue weighted by atomic mass is 9.73. The Morgan fingerprint density at radius 1 is 1.00 bits per heavy atom. The van der Waals surface area contributed by atoms with Crippen LogP contribution in [0, 0.1) is 0 Å². The number of rotatable bonds is 4. The quantitative estimate of drug-likeness (QED) is 0.579. The minimum Gasteiger partial charge on any atom is -0.372 e. The molecule has 3 aliphatic rings. The number of ether oxygens (including phenoxy) is 4. The van der Waals surface area contributed by atoms with Crippen molar-refractivity contribution in [1.29, 1.82) is 0 Å². The van der Waals surface area contributed by atoms with Gasteiger partial charge in [-0.05, 0) is 0 Å². The maximum Gasteiger partial charge on any atom is 0.271 e. The molecule has 17 heavy (non-hydrogen) atoms. The summed E-state index contributed by atoms with van der Waals surface area (Å²) < 4.78 is 22.9. The molecule has 0 spiro atoms. The average molecular weight is 299 g/mol. The summed E-state index contributed by atoms with van der Waals surface area (Å²) in [5.74, 6) is -0.708. The molecule has 3 fully saturated rings. The molecular formula is C10H16Cl2O4Si. The number of methoxy groups -OCH3 is 1. The maximum absolute atomic E-state index is 6.27. The Kier molecular flexibility index (Phi) is 3.03. The van der Waals surface area contributed by atoms with Gasteiger partial charge < -0.3 is 18.9 Å². The van der Waals surface area contributed by atoms with Crippen LogP contribution >= 0.6 is 22.2 Å². The molecule has 3 heterocycles. The second-order valence-corrected chi connectivity index (χ2v) is 9.59. The van der Waals surface area contributed by atoms with Crippen LogP contribution in [0.25, 0.3) is 0 Å². The molecule has 3 aliphatic heterocycles. The third-order valence-electron chi connectivity index (χ3n) is 4.38. The Morgan fingerprint density at radius 2 is 1.53 bits per heavy atom. The van der Waals surface area contributed by atoms with Crippen LogP contribution in [0.2, 0.25) is 0 Å². The largest absolute Gasteiger partial charge is 0.372 e. The van der Waals surface area contributed by atoms with Crippen LogP contribution in [0.4, 0.5) is 0 Å². The van der Waals surface area contributed by atoms with Gasteiger partial charge in [-0.15, -0.1) is 22.2 Å². The highest BCUT2D eigenvalue weighted by Crippen LogP contribution is 2.59. The van der Waals surface area contributed by atoms with Crippen molar-refractivity contribution in [1.82, 2.24) is 0 Å². The van der Waals surface area contributed by atoms with Crippen LogP contribution in [0.15, 0.2) is 0 Å². The Labute approximate surface area is 111 Å². The van der Waals surface area contributed by atoms with Gasteiger partial charge in [0.15, 0.2) is 5.60 Å². The molecular weight excluding hydrogens is 283 g/mol. The molecule has 3 rings (SSSR count). The summed E-state index contributed by atoms with van der Waals surface area (Å²) >= 11 is 12.5. The minimum atomic E-state index is -2.06. The molecule has 0 aromatic rings. The van der Waals surface area contributed by atoms with E-state index < -0.39 is 24.0 Å². The Balaban J connectivity index is 1.96. The van der Waals surface area contributed by atoms with E-state index in [1.807, 2.05) is 0 Å². The van der Waals surface area contributed by atoms with Crippen LogP contribution < -0.4 is 0 Å². The summed E-state index contributed by atoms with van der Waals surface area (Å²) in [5, 5.41) is -0.551. The number of halogens is 2. The summed E-state index contributed by atoms with van der Waals surface area (Å²) in [6.07, 6.45) is 2.48. The smallest absolute Gasteiger partial charge is 0.271 e. The molecule has 3 unspecified atom stereocenters. The molecule has 3 atom stereocenters. The fourth-order valence-corrected chi connectivity index (χ4v) is 6.65. The van der Waals surface area contributed by atoms with E-state index in [1.54, 1.807) is 7.11 Å². The lowest BCUT2D eigenvalue weighted by Gasteiger charge is -2.67. The second kappa shape index (κ2) is 4.06.